The average molecular weight is 410 g/mol. The number of rotatable bonds is 5. The van der Waals surface area contributed by atoms with E-state index >= 15 is 0 Å². The molecule has 0 spiro atoms. The highest BCUT2D eigenvalue weighted by Gasteiger charge is 2.32. The maximum atomic E-state index is 12.9. The van der Waals surface area contributed by atoms with Crippen molar-refractivity contribution in [2.45, 2.75) is 45.0 Å². The molecule has 2 unspecified atom stereocenters. The SMILES string of the molecule is Cc1cc(C(F)(F)F)cc(O)c1-c1ccc(NC2CCCN(CC(C)O)C2)nn1. The van der Waals surface area contributed by atoms with E-state index in [2.05, 4.69) is 20.4 Å². The van der Waals surface area contributed by atoms with Crippen LogP contribution in [0.2, 0.25) is 0 Å². The van der Waals surface area contributed by atoms with Crippen LogP contribution < -0.4 is 5.32 Å². The van der Waals surface area contributed by atoms with Crippen molar-refractivity contribution < 1.29 is 23.4 Å². The van der Waals surface area contributed by atoms with Gasteiger partial charge in [-0.25, -0.2) is 0 Å². The normalized spacial score (nSPS) is 19.2. The molecule has 1 saturated heterocycles. The molecule has 29 heavy (non-hydrogen) atoms. The number of nitrogens with one attached hydrogen (secondary N) is 1. The number of piperidine rings is 1. The van der Waals surface area contributed by atoms with Gasteiger partial charge in [0.1, 0.15) is 11.6 Å². The maximum Gasteiger partial charge on any atom is 0.416 e. The molecule has 1 aromatic carbocycles. The van der Waals surface area contributed by atoms with Crippen LogP contribution in [0.25, 0.3) is 11.3 Å². The lowest BCUT2D eigenvalue weighted by molar-refractivity contribution is -0.137. The average Bonchev–Trinajstić information content (AvgIpc) is 2.61. The van der Waals surface area contributed by atoms with Gasteiger partial charge in [-0.15, -0.1) is 10.2 Å². The van der Waals surface area contributed by atoms with Crippen molar-refractivity contribution in [1.29, 1.82) is 0 Å². The summed E-state index contributed by atoms with van der Waals surface area (Å²) in [6, 6.07) is 5.19. The van der Waals surface area contributed by atoms with Crippen LogP contribution in [-0.2, 0) is 6.18 Å². The molecule has 2 aromatic rings. The zero-order chi connectivity index (χ0) is 21.2. The molecular weight excluding hydrogens is 385 g/mol. The fourth-order valence-corrected chi connectivity index (χ4v) is 3.73. The van der Waals surface area contributed by atoms with Gasteiger partial charge in [-0.05, 0) is 63.1 Å². The van der Waals surface area contributed by atoms with Crippen LogP contribution in [-0.4, -0.2) is 57.1 Å². The van der Waals surface area contributed by atoms with Gasteiger partial charge < -0.3 is 15.5 Å². The minimum atomic E-state index is -4.53. The number of anilines is 1. The number of aromatic nitrogens is 2. The van der Waals surface area contributed by atoms with Crippen LogP contribution in [0, 0.1) is 6.92 Å². The molecule has 1 fully saturated rings. The first kappa shape index (κ1) is 21.3. The van der Waals surface area contributed by atoms with Gasteiger partial charge in [-0.2, -0.15) is 13.2 Å². The number of hydrogen-bond acceptors (Lipinski definition) is 6. The second-order valence-electron chi connectivity index (χ2n) is 7.58. The number of nitrogens with zero attached hydrogens (tertiary/aromatic N) is 3. The number of aryl methyl sites for hydroxylation is 1. The lowest BCUT2D eigenvalue weighted by Crippen LogP contribution is -2.44. The zero-order valence-corrected chi connectivity index (χ0v) is 16.4. The fourth-order valence-electron chi connectivity index (χ4n) is 3.73. The molecular formula is C20H25F3N4O2. The molecule has 3 rings (SSSR count). The van der Waals surface area contributed by atoms with Crippen LogP contribution >= 0.6 is 0 Å². The highest BCUT2D eigenvalue weighted by Crippen LogP contribution is 2.38. The van der Waals surface area contributed by atoms with E-state index in [0.717, 1.165) is 32.0 Å². The Labute approximate surface area is 167 Å². The molecule has 0 saturated carbocycles. The summed E-state index contributed by atoms with van der Waals surface area (Å²) in [6.45, 7) is 5.61. The quantitative estimate of drug-likeness (QED) is 0.701. The van der Waals surface area contributed by atoms with Crippen LogP contribution in [0.4, 0.5) is 19.0 Å². The van der Waals surface area contributed by atoms with E-state index in [9.17, 15) is 23.4 Å². The van der Waals surface area contributed by atoms with Gasteiger partial charge in [0.05, 0.1) is 17.4 Å². The number of aromatic hydroxyl groups is 1. The highest BCUT2D eigenvalue weighted by molar-refractivity contribution is 5.71. The number of alkyl halides is 3. The summed E-state index contributed by atoms with van der Waals surface area (Å²) in [5.41, 5.74) is -0.0913. The summed E-state index contributed by atoms with van der Waals surface area (Å²) in [6.07, 6.45) is -2.93. The van der Waals surface area contributed by atoms with E-state index in [1.54, 1.807) is 19.1 Å². The second-order valence-corrected chi connectivity index (χ2v) is 7.58. The summed E-state index contributed by atoms with van der Waals surface area (Å²) < 4.78 is 38.7. The van der Waals surface area contributed by atoms with Gasteiger partial charge in [0.25, 0.3) is 0 Å². The molecule has 0 amide bonds. The Balaban J connectivity index is 1.72. The molecule has 6 nitrogen and oxygen atoms in total. The number of benzene rings is 1. The molecule has 1 aliphatic heterocycles. The monoisotopic (exact) mass is 410 g/mol. The first-order chi connectivity index (χ1) is 13.6. The first-order valence-electron chi connectivity index (χ1n) is 9.55. The van der Waals surface area contributed by atoms with Crippen LogP contribution in [0.1, 0.15) is 30.9 Å². The number of hydrogen-bond donors (Lipinski definition) is 3. The summed E-state index contributed by atoms with van der Waals surface area (Å²) in [4.78, 5) is 2.19. The number of aliphatic hydroxyl groups is 1. The summed E-state index contributed by atoms with van der Waals surface area (Å²) in [5.74, 6) is 0.0788. The predicted molar refractivity (Wildman–Crippen MR) is 104 cm³/mol. The third-order valence-electron chi connectivity index (χ3n) is 4.94. The minimum absolute atomic E-state index is 0.170. The Morgan fingerprint density at radius 3 is 2.62 bits per heavy atom. The lowest BCUT2D eigenvalue weighted by Gasteiger charge is -2.33. The summed E-state index contributed by atoms with van der Waals surface area (Å²) in [5, 5.41) is 31.2. The van der Waals surface area contributed by atoms with E-state index < -0.39 is 17.5 Å². The molecule has 1 aromatic heterocycles. The third-order valence-corrected chi connectivity index (χ3v) is 4.94. The Hall–Kier alpha value is -2.39. The molecule has 158 valence electrons. The molecule has 0 bridgehead atoms. The number of likely N-dealkylation sites (tertiary alicyclic amines) is 1. The van der Waals surface area contributed by atoms with Gasteiger partial charge >= 0.3 is 6.18 Å². The van der Waals surface area contributed by atoms with E-state index in [4.69, 9.17) is 0 Å². The number of phenolic OH excluding ortho intramolecular Hbond substituents is 1. The van der Waals surface area contributed by atoms with E-state index in [1.807, 2.05) is 0 Å². The molecule has 0 radical (unpaired) electrons. The largest absolute Gasteiger partial charge is 0.507 e. The van der Waals surface area contributed by atoms with E-state index in [-0.39, 0.29) is 23.3 Å². The van der Waals surface area contributed by atoms with Crippen LogP contribution in [0.3, 0.4) is 0 Å². The molecule has 2 heterocycles. The second kappa shape index (κ2) is 8.54. The standard InChI is InChI=1S/C20H25F3N4O2/c1-12-8-14(20(21,22)23)9-17(29)19(12)16-5-6-18(26-25-16)24-15-4-3-7-27(11-15)10-13(2)28/h5-6,8-9,13,15,28-29H,3-4,7,10-11H2,1-2H3,(H,24,26). The summed E-state index contributed by atoms with van der Waals surface area (Å²) in [7, 11) is 0. The van der Waals surface area contributed by atoms with E-state index in [0.29, 0.717) is 24.1 Å². The van der Waals surface area contributed by atoms with E-state index in [1.165, 1.54) is 6.92 Å². The Kier molecular flexibility index (Phi) is 6.28. The molecule has 0 aliphatic carbocycles. The van der Waals surface area contributed by atoms with Gasteiger partial charge in [0.15, 0.2) is 0 Å². The molecule has 9 heteroatoms. The number of phenols is 1. The van der Waals surface area contributed by atoms with Gasteiger partial charge in [-0.3, -0.25) is 4.90 Å². The summed E-state index contributed by atoms with van der Waals surface area (Å²) >= 11 is 0. The Bertz CT molecular complexity index is 818. The van der Waals surface area contributed by atoms with Crippen LogP contribution in [0.15, 0.2) is 24.3 Å². The van der Waals surface area contributed by atoms with Crippen LogP contribution in [0.5, 0.6) is 5.75 Å². The van der Waals surface area contributed by atoms with Crippen molar-refractivity contribution >= 4 is 5.82 Å². The third kappa shape index (κ3) is 5.36. The van der Waals surface area contributed by atoms with Crippen molar-refractivity contribution in [2.75, 3.05) is 25.0 Å². The minimum Gasteiger partial charge on any atom is -0.507 e. The number of aliphatic hydroxyl groups excluding tert-OH is 1. The van der Waals surface area contributed by atoms with Crippen molar-refractivity contribution in [3.63, 3.8) is 0 Å². The fraction of sp³-hybridized carbons (Fsp3) is 0.500. The smallest absolute Gasteiger partial charge is 0.416 e. The van der Waals surface area contributed by atoms with Crippen molar-refractivity contribution in [1.82, 2.24) is 15.1 Å². The molecule has 1 aliphatic rings. The Morgan fingerprint density at radius 1 is 1.28 bits per heavy atom. The predicted octanol–water partition coefficient (Wildman–Crippen LogP) is 3.43. The molecule has 3 N–H and O–H groups in total. The number of β-amino-alcohol motifs (C(OH)–C–C–N with tert-alkyl or cyclic N) is 1. The maximum absolute atomic E-state index is 12.9. The van der Waals surface area contributed by atoms with Gasteiger partial charge in [0.2, 0.25) is 0 Å². The van der Waals surface area contributed by atoms with Crippen molar-refractivity contribution in [3.05, 3.63) is 35.4 Å². The highest BCUT2D eigenvalue weighted by atomic mass is 19.4. The first-order valence-corrected chi connectivity index (χ1v) is 9.55. The van der Waals surface area contributed by atoms with Gasteiger partial charge in [0, 0.05) is 24.7 Å². The van der Waals surface area contributed by atoms with Crippen molar-refractivity contribution in [3.8, 4) is 17.0 Å². The zero-order valence-electron chi connectivity index (χ0n) is 16.4. The van der Waals surface area contributed by atoms with Crippen molar-refractivity contribution in [2.24, 2.45) is 0 Å². The lowest BCUT2D eigenvalue weighted by atomic mass is 10.0. The van der Waals surface area contributed by atoms with Gasteiger partial charge in [-0.1, -0.05) is 0 Å². The number of halogens is 3. The Morgan fingerprint density at radius 2 is 2.03 bits per heavy atom. The topological polar surface area (TPSA) is 81.5 Å². The molecule has 2 atom stereocenters.